The maximum atomic E-state index is 12.4. The second kappa shape index (κ2) is 3.06. The first-order valence-corrected chi connectivity index (χ1v) is 4.93. The quantitative estimate of drug-likeness (QED) is 0.601. The topological polar surface area (TPSA) is 43.4 Å². The Kier molecular flexibility index (Phi) is 2.49. The summed E-state index contributed by atoms with van der Waals surface area (Å²) in [6.07, 6.45) is 1.61. The highest BCUT2D eigenvalue weighted by atomic mass is 32.3. The Morgan fingerprint density at radius 1 is 1.64 bits per heavy atom. The smallest absolute Gasteiger partial charge is 0.307 e. The molecule has 0 aliphatic heterocycles. The predicted octanol–water partition coefficient (Wildman–Crippen LogP) is 0.711. The van der Waals surface area contributed by atoms with Gasteiger partial charge in [-0.15, -0.1) is 3.89 Å². The van der Waals surface area contributed by atoms with Crippen molar-refractivity contribution >= 4 is 10.2 Å². The summed E-state index contributed by atoms with van der Waals surface area (Å²) in [5.41, 5.74) is 0. The summed E-state index contributed by atoms with van der Waals surface area (Å²) in [4.78, 5) is 0. The largest absolute Gasteiger partial charge is 0.383 e. The van der Waals surface area contributed by atoms with E-state index in [1.165, 1.54) is 7.11 Å². The van der Waals surface area contributed by atoms with E-state index >= 15 is 0 Å². The van der Waals surface area contributed by atoms with Gasteiger partial charge in [0, 0.05) is 7.11 Å². The third-order valence-corrected chi connectivity index (χ3v) is 3.08. The van der Waals surface area contributed by atoms with Crippen LogP contribution in [0.25, 0.3) is 0 Å². The van der Waals surface area contributed by atoms with Gasteiger partial charge >= 0.3 is 10.2 Å². The lowest BCUT2D eigenvalue weighted by molar-refractivity contribution is 0.190. The van der Waals surface area contributed by atoms with Crippen molar-refractivity contribution in [1.29, 1.82) is 0 Å². The Morgan fingerprint density at radius 3 is 2.45 bits per heavy atom. The molecule has 66 valence electrons. The van der Waals surface area contributed by atoms with Gasteiger partial charge in [0.15, 0.2) is 0 Å². The van der Waals surface area contributed by atoms with Gasteiger partial charge in [0.25, 0.3) is 0 Å². The van der Waals surface area contributed by atoms with Crippen LogP contribution in [-0.4, -0.2) is 27.4 Å². The van der Waals surface area contributed by atoms with Crippen LogP contribution in [0.15, 0.2) is 0 Å². The predicted molar refractivity (Wildman–Crippen MR) is 38.4 cm³/mol. The lowest BCUT2D eigenvalue weighted by Gasteiger charge is -2.08. The fourth-order valence-corrected chi connectivity index (χ4v) is 2.11. The molecule has 0 heterocycles. The van der Waals surface area contributed by atoms with Gasteiger partial charge < -0.3 is 4.74 Å². The lowest BCUT2D eigenvalue weighted by atomic mass is 10.3. The van der Waals surface area contributed by atoms with E-state index in [4.69, 9.17) is 0 Å². The summed E-state index contributed by atoms with van der Waals surface area (Å²) in [6.45, 7) is -0.0243. The number of halogens is 1. The van der Waals surface area contributed by atoms with Crippen molar-refractivity contribution in [2.45, 2.75) is 18.1 Å². The zero-order valence-corrected chi connectivity index (χ0v) is 7.10. The Hall–Kier alpha value is -0.160. The first kappa shape index (κ1) is 8.93. The summed E-state index contributed by atoms with van der Waals surface area (Å²) in [7, 11) is -3.01. The van der Waals surface area contributed by atoms with Crippen LogP contribution in [0.2, 0.25) is 0 Å². The summed E-state index contributed by atoms with van der Waals surface area (Å²) < 4.78 is 37.9. The first-order chi connectivity index (χ1) is 5.05. The second-order valence-corrected chi connectivity index (χ2v) is 4.36. The number of hydrogen-bond donors (Lipinski definition) is 0. The van der Waals surface area contributed by atoms with E-state index < -0.39 is 15.5 Å². The van der Waals surface area contributed by atoms with Crippen LogP contribution in [-0.2, 0) is 15.0 Å². The van der Waals surface area contributed by atoms with E-state index in [9.17, 15) is 12.3 Å². The van der Waals surface area contributed by atoms with Crippen LogP contribution in [0.1, 0.15) is 12.8 Å². The molecule has 0 aromatic rings. The second-order valence-electron chi connectivity index (χ2n) is 2.81. The van der Waals surface area contributed by atoms with Gasteiger partial charge in [0.05, 0.1) is 6.61 Å². The molecular weight excluding hydrogens is 171 g/mol. The molecule has 0 N–H and O–H groups in total. The normalized spacial score (nSPS) is 21.6. The molecule has 0 aromatic carbocycles. The zero-order chi connectivity index (χ0) is 8.48. The van der Waals surface area contributed by atoms with Crippen LogP contribution in [0, 0.1) is 5.92 Å². The average molecular weight is 182 g/mol. The molecule has 1 fully saturated rings. The van der Waals surface area contributed by atoms with E-state index in [0.29, 0.717) is 0 Å². The monoisotopic (exact) mass is 182 g/mol. The molecule has 0 aromatic heterocycles. The molecule has 0 spiro atoms. The highest BCUT2D eigenvalue weighted by molar-refractivity contribution is 7.87. The maximum Gasteiger partial charge on any atom is 0.307 e. The molecule has 0 bridgehead atoms. The first-order valence-electron chi connectivity index (χ1n) is 3.48. The summed E-state index contributed by atoms with van der Waals surface area (Å²) in [6, 6.07) is 0. The standard InChI is InChI=1S/C6H11FO3S/c1-10-4-6(5-2-3-5)11(7,8)9/h5-6H,2-4H2,1H3. The Balaban J connectivity index is 2.59. The Labute approximate surface area is 65.8 Å². The van der Waals surface area contributed by atoms with Gasteiger partial charge in [-0.25, -0.2) is 0 Å². The van der Waals surface area contributed by atoms with Crippen molar-refractivity contribution in [2.24, 2.45) is 5.92 Å². The van der Waals surface area contributed by atoms with Gasteiger partial charge in [-0.3, -0.25) is 0 Å². The van der Waals surface area contributed by atoms with Crippen molar-refractivity contribution in [3.63, 3.8) is 0 Å². The summed E-state index contributed by atoms with van der Waals surface area (Å²) in [5.74, 6) is -0.00931. The highest BCUT2D eigenvalue weighted by Gasteiger charge is 2.40. The van der Waals surface area contributed by atoms with E-state index in [1.54, 1.807) is 0 Å². The van der Waals surface area contributed by atoms with Crippen LogP contribution in [0.4, 0.5) is 3.89 Å². The zero-order valence-electron chi connectivity index (χ0n) is 6.29. The molecule has 0 amide bonds. The fraction of sp³-hybridized carbons (Fsp3) is 1.00. The number of rotatable bonds is 4. The van der Waals surface area contributed by atoms with Crippen molar-refractivity contribution in [3.05, 3.63) is 0 Å². The van der Waals surface area contributed by atoms with E-state index in [2.05, 4.69) is 4.74 Å². The Morgan fingerprint density at radius 2 is 2.18 bits per heavy atom. The molecule has 1 aliphatic rings. The minimum atomic E-state index is -4.39. The van der Waals surface area contributed by atoms with Gasteiger partial charge in [0.1, 0.15) is 5.25 Å². The van der Waals surface area contributed by atoms with Gasteiger partial charge in [-0.2, -0.15) is 8.42 Å². The molecule has 1 aliphatic carbocycles. The molecule has 11 heavy (non-hydrogen) atoms. The number of hydrogen-bond acceptors (Lipinski definition) is 3. The molecule has 3 nitrogen and oxygen atoms in total. The summed E-state index contributed by atoms with van der Waals surface area (Å²) in [5, 5.41) is -0.924. The molecule has 0 radical (unpaired) electrons. The van der Waals surface area contributed by atoms with E-state index in [1.807, 2.05) is 0 Å². The van der Waals surface area contributed by atoms with E-state index in [-0.39, 0.29) is 12.5 Å². The molecule has 1 rings (SSSR count). The Bertz CT molecular complexity index is 220. The number of methoxy groups -OCH3 is 1. The SMILES string of the molecule is COCC(C1CC1)S(=O)(=O)F. The van der Waals surface area contributed by atoms with Gasteiger partial charge in [-0.1, -0.05) is 0 Å². The molecular formula is C6H11FO3S. The average Bonchev–Trinajstić information content (AvgIpc) is 2.61. The maximum absolute atomic E-state index is 12.4. The highest BCUT2D eigenvalue weighted by Crippen LogP contribution is 2.36. The van der Waals surface area contributed by atoms with Crippen LogP contribution >= 0.6 is 0 Å². The minimum Gasteiger partial charge on any atom is -0.383 e. The van der Waals surface area contributed by atoms with Crippen LogP contribution < -0.4 is 0 Å². The molecule has 1 unspecified atom stereocenters. The van der Waals surface area contributed by atoms with Gasteiger partial charge in [-0.05, 0) is 18.8 Å². The van der Waals surface area contributed by atoms with Crippen molar-refractivity contribution in [2.75, 3.05) is 13.7 Å². The van der Waals surface area contributed by atoms with Gasteiger partial charge in [0.2, 0.25) is 0 Å². The van der Waals surface area contributed by atoms with Crippen molar-refractivity contribution in [3.8, 4) is 0 Å². The van der Waals surface area contributed by atoms with Crippen molar-refractivity contribution < 1.29 is 17.0 Å². The molecule has 0 saturated heterocycles. The molecule has 1 saturated carbocycles. The molecule has 5 heteroatoms. The van der Waals surface area contributed by atoms with E-state index in [0.717, 1.165) is 12.8 Å². The summed E-state index contributed by atoms with van der Waals surface area (Å²) >= 11 is 0. The third-order valence-electron chi connectivity index (χ3n) is 1.84. The lowest BCUT2D eigenvalue weighted by Crippen LogP contribution is -2.24. The third kappa shape index (κ3) is 2.41. The fourth-order valence-electron chi connectivity index (χ4n) is 1.08. The van der Waals surface area contributed by atoms with Crippen molar-refractivity contribution in [1.82, 2.24) is 0 Å². The van der Waals surface area contributed by atoms with Crippen LogP contribution in [0.3, 0.4) is 0 Å². The molecule has 1 atom stereocenters. The van der Waals surface area contributed by atoms with Crippen LogP contribution in [0.5, 0.6) is 0 Å². The minimum absolute atomic E-state index is 0.00931. The number of ether oxygens (including phenoxy) is 1.